The lowest BCUT2D eigenvalue weighted by Gasteiger charge is -2.34. The lowest BCUT2D eigenvalue weighted by atomic mass is 9.81. The number of amides is 2. The van der Waals surface area contributed by atoms with Gasteiger partial charge < -0.3 is 10.6 Å². The van der Waals surface area contributed by atoms with Crippen molar-refractivity contribution in [3.05, 3.63) is 23.9 Å². The number of pyridine rings is 1. The molecule has 3 rings (SSSR count). The zero-order valence-corrected chi connectivity index (χ0v) is 15.6. The van der Waals surface area contributed by atoms with Crippen molar-refractivity contribution < 1.29 is 9.59 Å². The minimum absolute atomic E-state index is 0.0494. The van der Waals surface area contributed by atoms with Crippen molar-refractivity contribution in [1.82, 2.24) is 10.3 Å². The SMILES string of the molecule is CC(C)C(=O)NC1(C#Cc2ccc(NC(=O)C3CC3)nc2)CCCCC1. The number of rotatable bonds is 4. The predicted molar refractivity (Wildman–Crippen MR) is 101 cm³/mol. The van der Waals surface area contributed by atoms with Crippen LogP contribution in [0.15, 0.2) is 18.3 Å². The summed E-state index contributed by atoms with van der Waals surface area (Å²) in [6, 6.07) is 3.65. The third kappa shape index (κ3) is 4.85. The smallest absolute Gasteiger partial charge is 0.228 e. The van der Waals surface area contributed by atoms with Crippen molar-refractivity contribution in [3.63, 3.8) is 0 Å². The van der Waals surface area contributed by atoms with E-state index in [0.29, 0.717) is 5.82 Å². The molecule has 2 aliphatic rings. The highest BCUT2D eigenvalue weighted by atomic mass is 16.2. The molecule has 0 atom stereocenters. The molecule has 0 spiro atoms. The topological polar surface area (TPSA) is 71.1 Å². The van der Waals surface area contributed by atoms with Crippen LogP contribution in [0.1, 0.15) is 64.4 Å². The summed E-state index contributed by atoms with van der Waals surface area (Å²) in [5, 5.41) is 6.00. The first kappa shape index (κ1) is 18.4. The van der Waals surface area contributed by atoms with Gasteiger partial charge in [0.25, 0.3) is 0 Å². The fourth-order valence-corrected chi connectivity index (χ4v) is 3.12. The Bertz CT molecular complexity index is 718. The molecule has 1 aromatic rings. The number of aromatic nitrogens is 1. The summed E-state index contributed by atoms with van der Waals surface area (Å²) in [6.45, 7) is 3.80. The number of hydrogen-bond acceptors (Lipinski definition) is 3. The maximum absolute atomic E-state index is 12.2. The lowest BCUT2D eigenvalue weighted by Crippen LogP contribution is -2.50. The van der Waals surface area contributed by atoms with E-state index < -0.39 is 5.54 Å². The second-order valence-corrected chi connectivity index (χ2v) is 7.73. The standard InChI is InChI=1S/C21H27N3O2/c1-15(2)19(25)24-21(11-4-3-5-12-21)13-10-16-6-9-18(22-14-16)23-20(26)17-7-8-17/h6,9,14-15,17H,3-5,7-8,11-12H2,1-2H3,(H,24,25)(H,22,23,26). The maximum Gasteiger partial charge on any atom is 0.228 e. The van der Waals surface area contributed by atoms with Crippen LogP contribution in [-0.4, -0.2) is 22.3 Å². The monoisotopic (exact) mass is 353 g/mol. The lowest BCUT2D eigenvalue weighted by molar-refractivity contribution is -0.125. The molecule has 0 aliphatic heterocycles. The molecule has 0 bridgehead atoms. The first-order valence-corrected chi connectivity index (χ1v) is 9.60. The van der Waals surface area contributed by atoms with E-state index in [9.17, 15) is 9.59 Å². The Morgan fingerprint density at radius 1 is 1.19 bits per heavy atom. The number of anilines is 1. The van der Waals surface area contributed by atoms with Gasteiger partial charge in [-0.05, 0) is 37.8 Å². The Kier molecular flexibility index (Phi) is 5.61. The summed E-state index contributed by atoms with van der Waals surface area (Å²) in [5.41, 5.74) is 0.358. The van der Waals surface area contributed by atoms with E-state index in [-0.39, 0.29) is 23.7 Å². The largest absolute Gasteiger partial charge is 0.340 e. The van der Waals surface area contributed by atoms with Crippen molar-refractivity contribution in [2.24, 2.45) is 11.8 Å². The molecule has 5 heteroatoms. The summed E-state index contributed by atoms with van der Waals surface area (Å²) in [7, 11) is 0. The summed E-state index contributed by atoms with van der Waals surface area (Å²) < 4.78 is 0. The maximum atomic E-state index is 12.2. The van der Waals surface area contributed by atoms with Gasteiger partial charge >= 0.3 is 0 Å². The molecule has 0 unspecified atom stereocenters. The van der Waals surface area contributed by atoms with Gasteiger partial charge in [0.15, 0.2) is 0 Å². The van der Waals surface area contributed by atoms with Gasteiger partial charge in [-0.15, -0.1) is 0 Å². The first-order valence-electron chi connectivity index (χ1n) is 9.60. The summed E-state index contributed by atoms with van der Waals surface area (Å²) in [6.07, 6.45) is 8.76. The van der Waals surface area contributed by atoms with Gasteiger partial charge in [0.2, 0.25) is 11.8 Å². The van der Waals surface area contributed by atoms with Crippen LogP contribution in [0.4, 0.5) is 5.82 Å². The highest BCUT2D eigenvalue weighted by molar-refractivity contribution is 5.93. The van der Waals surface area contributed by atoms with Crippen LogP contribution < -0.4 is 10.6 Å². The van der Waals surface area contributed by atoms with Gasteiger partial charge in [0.1, 0.15) is 11.4 Å². The number of hydrogen-bond donors (Lipinski definition) is 2. The number of nitrogens with one attached hydrogen (secondary N) is 2. The molecule has 0 radical (unpaired) electrons. The van der Waals surface area contributed by atoms with E-state index in [1.54, 1.807) is 12.3 Å². The van der Waals surface area contributed by atoms with Crippen molar-refractivity contribution >= 4 is 17.6 Å². The van der Waals surface area contributed by atoms with Crippen molar-refractivity contribution in [2.75, 3.05) is 5.32 Å². The zero-order valence-electron chi connectivity index (χ0n) is 15.6. The molecule has 2 N–H and O–H groups in total. The highest BCUT2D eigenvalue weighted by Gasteiger charge is 2.32. The highest BCUT2D eigenvalue weighted by Crippen LogP contribution is 2.30. The number of carbonyl (C=O) groups excluding carboxylic acids is 2. The van der Waals surface area contributed by atoms with E-state index in [0.717, 1.165) is 44.1 Å². The van der Waals surface area contributed by atoms with Gasteiger partial charge in [0, 0.05) is 23.6 Å². The van der Waals surface area contributed by atoms with Crippen molar-refractivity contribution in [2.45, 2.75) is 64.3 Å². The minimum Gasteiger partial charge on any atom is -0.340 e. The molecule has 1 aromatic heterocycles. The van der Waals surface area contributed by atoms with Crippen LogP contribution in [0.25, 0.3) is 0 Å². The Balaban J connectivity index is 1.69. The molecule has 2 fully saturated rings. The Morgan fingerprint density at radius 3 is 2.50 bits per heavy atom. The predicted octanol–water partition coefficient (Wildman–Crippen LogP) is 3.26. The number of nitrogens with zero attached hydrogens (tertiary/aromatic N) is 1. The molecule has 2 saturated carbocycles. The van der Waals surface area contributed by atoms with E-state index in [2.05, 4.69) is 27.5 Å². The molecule has 5 nitrogen and oxygen atoms in total. The molecule has 1 heterocycles. The van der Waals surface area contributed by atoms with Crippen molar-refractivity contribution in [1.29, 1.82) is 0 Å². The van der Waals surface area contributed by atoms with Crippen LogP contribution in [0.3, 0.4) is 0 Å². The first-order chi connectivity index (χ1) is 12.5. The summed E-state index contributed by atoms with van der Waals surface area (Å²) in [5.74, 6) is 7.27. The van der Waals surface area contributed by atoms with E-state index in [4.69, 9.17) is 0 Å². The van der Waals surface area contributed by atoms with Gasteiger partial charge in [-0.3, -0.25) is 9.59 Å². The zero-order chi connectivity index (χ0) is 18.6. The molecule has 0 saturated heterocycles. The van der Waals surface area contributed by atoms with Gasteiger partial charge in [-0.25, -0.2) is 4.98 Å². The Labute approximate surface area is 155 Å². The normalized spacial score (nSPS) is 18.6. The molecule has 0 aromatic carbocycles. The Hall–Kier alpha value is -2.35. The van der Waals surface area contributed by atoms with Gasteiger partial charge in [-0.1, -0.05) is 45.0 Å². The molecular weight excluding hydrogens is 326 g/mol. The van der Waals surface area contributed by atoms with Gasteiger partial charge in [-0.2, -0.15) is 0 Å². The van der Waals surface area contributed by atoms with Crippen LogP contribution in [0.5, 0.6) is 0 Å². The quantitative estimate of drug-likeness (QED) is 0.816. The average Bonchev–Trinajstić information content (AvgIpc) is 3.47. The van der Waals surface area contributed by atoms with E-state index in [1.807, 2.05) is 19.9 Å². The summed E-state index contributed by atoms with van der Waals surface area (Å²) >= 11 is 0. The fraction of sp³-hybridized carbons (Fsp3) is 0.571. The van der Waals surface area contributed by atoms with Crippen LogP contribution in [-0.2, 0) is 9.59 Å². The van der Waals surface area contributed by atoms with Crippen LogP contribution in [0, 0.1) is 23.7 Å². The average molecular weight is 353 g/mol. The second kappa shape index (κ2) is 7.90. The third-order valence-corrected chi connectivity index (χ3v) is 5.00. The third-order valence-electron chi connectivity index (χ3n) is 5.00. The van der Waals surface area contributed by atoms with E-state index >= 15 is 0 Å². The fourth-order valence-electron chi connectivity index (χ4n) is 3.12. The van der Waals surface area contributed by atoms with E-state index in [1.165, 1.54) is 6.42 Å². The molecule has 138 valence electrons. The molecule has 26 heavy (non-hydrogen) atoms. The minimum atomic E-state index is -0.432. The summed E-state index contributed by atoms with van der Waals surface area (Å²) in [4.78, 5) is 28.3. The molecular formula is C21H27N3O2. The molecule has 2 aliphatic carbocycles. The van der Waals surface area contributed by atoms with Gasteiger partial charge in [0.05, 0.1) is 0 Å². The van der Waals surface area contributed by atoms with Crippen LogP contribution >= 0.6 is 0 Å². The number of carbonyl (C=O) groups is 2. The Morgan fingerprint density at radius 2 is 1.92 bits per heavy atom. The van der Waals surface area contributed by atoms with Crippen LogP contribution in [0.2, 0.25) is 0 Å². The second-order valence-electron chi connectivity index (χ2n) is 7.73. The van der Waals surface area contributed by atoms with Crippen molar-refractivity contribution in [3.8, 4) is 11.8 Å². The molecule has 2 amide bonds.